The van der Waals surface area contributed by atoms with Crippen LogP contribution in [0.25, 0.3) is 0 Å². The molecule has 0 radical (unpaired) electrons. The monoisotopic (exact) mass is 223 g/mol. The molecule has 2 nitrogen and oxygen atoms in total. The molecule has 2 fully saturated rings. The van der Waals surface area contributed by atoms with Crippen LogP contribution in [0, 0.1) is 5.92 Å². The summed E-state index contributed by atoms with van der Waals surface area (Å²) in [5.41, 5.74) is 0. The number of carbonyl (C=O) groups is 1. The number of rotatable bonds is 4. The average molecular weight is 223 g/mol. The number of piperidine rings is 1. The predicted octanol–water partition coefficient (Wildman–Crippen LogP) is 3.01. The summed E-state index contributed by atoms with van der Waals surface area (Å²) in [5, 5.41) is 0. The van der Waals surface area contributed by atoms with Crippen molar-refractivity contribution >= 4 is 5.78 Å². The van der Waals surface area contributed by atoms with Gasteiger partial charge in [-0.3, -0.25) is 9.69 Å². The molecule has 2 bridgehead atoms. The molecule has 2 rings (SSSR count). The molecule has 2 saturated heterocycles. The van der Waals surface area contributed by atoms with Gasteiger partial charge in [0.25, 0.3) is 0 Å². The van der Waals surface area contributed by atoms with Crippen LogP contribution in [-0.4, -0.2) is 28.8 Å². The highest BCUT2D eigenvalue weighted by molar-refractivity contribution is 5.81. The van der Waals surface area contributed by atoms with Gasteiger partial charge in [0.1, 0.15) is 5.78 Å². The first-order valence-electron chi connectivity index (χ1n) is 6.87. The highest BCUT2D eigenvalue weighted by Gasteiger charge is 2.41. The lowest BCUT2D eigenvalue weighted by atomic mass is 9.96. The molecule has 0 saturated carbocycles. The third-order valence-corrected chi connectivity index (χ3v) is 4.27. The van der Waals surface area contributed by atoms with Crippen molar-refractivity contribution in [1.82, 2.24) is 4.90 Å². The Kier molecular flexibility index (Phi) is 3.68. The van der Waals surface area contributed by atoms with Crippen molar-refractivity contribution < 1.29 is 4.79 Å². The molecule has 2 heterocycles. The van der Waals surface area contributed by atoms with E-state index in [1.54, 1.807) is 0 Å². The summed E-state index contributed by atoms with van der Waals surface area (Å²) in [6, 6.07) is 1.83. The molecule has 0 aromatic heterocycles. The van der Waals surface area contributed by atoms with Gasteiger partial charge in [0.2, 0.25) is 0 Å². The van der Waals surface area contributed by atoms with E-state index < -0.39 is 0 Å². The minimum Gasteiger partial charge on any atom is -0.300 e. The highest BCUT2D eigenvalue weighted by atomic mass is 16.1. The van der Waals surface area contributed by atoms with E-state index >= 15 is 0 Å². The Labute approximate surface area is 99.4 Å². The zero-order valence-electron chi connectivity index (χ0n) is 10.9. The third kappa shape index (κ3) is 2.48. The molecule has 0 aromatic rings. The number of nitrogens with zero attached hydrogens (tertiary/aromatic N) is 1. The Balaban J connectivity index is 1.92. The second-order valence-electron chi connectivity index (χ2n) is 6.10. The average Bonchev–Trinajstić information content (AvgIpc) is 2.48. The highest BCUT2D eigenvalue weighted by Crippen LogP contribution is 2.36. The van der Waals surface area contributed by atoms with Crippen LogP contribution in [0.5, 0.6) is 0 Å². The Morgan fingerprint density at radius 1 is 1.12 bits per heavy atom. The lowest BCUT2D eigenvalue weighted by molar-refractivity contribution is -0.124. The van der Waals surface area contributed by atoms with Gasteiger partial charge in [0, 0.05) is 31.0 Å². The van der Waals surface area contributed by atoms with Crippen LogP contribution in [0.15, 0.2) is 0 Å². The first-order valence-corrected chi connectivity index (χ1v) is 6.87. The quantitative estimate of drug-likeness (QED) is 0.730. The van der Waals surface area contributed by atoms with Crippen molar-refractivity contribution in [1.29, 1.82) is 0 Å². The topological polar surface area (TPSA) is 20.3 Å². The van der Waals surface area contributed by atoms with E-state index in [0.717, 1.165) is 18.8 Å². The molecule has 0 N–H and O–H groups in total. The second-order valence-corrected chi connectivity index (χ2v) is 6.10. The normalized spacial score (nSPS) is 32.4. The zero-order valence-corrected chi connectivity index (χ0v) is 10.9. The van der Waals surface area contributed by atoms with E-state index in [9.17, 15) is 4.79 Å². The predicted molar refractivity (Wildman–Crippen MR) is 66.4 cm³/mol. The molecule has 0 spiro atoms. The Hall–Kier alpha value is -0.370. The number of carbonyl (C=O) groups excluding carboxylic acids is 1. The van der Waals surface area contributed by atoms with E-state index in [4.69, 9.17) is 0 Å². The molecule has 16 heavy (non-hydrogen) atoms. The summed E-state index contributed by atoms with van der Waals surface area (Å²) in [7, 11) is 0. The number of fused-ring (bicyclic) bond motifs is 2. The van der Waals surface area contributed by atoms with Gasteiger partial charge in [-0.15, -0.1) is 0 Å². The summed E-state index contributed by atoms with van der Waals surface area (Å²) in [6.07, 6.45) is 6.75. The number of Topliss-reactive ketones (excluding diaryl/α,β-unsaturated/α-hetero) is 1. The molecular weight excluding hydrogens is 198 g/mol. The van der Waals surface area contributed by atoms with Gasteiger partial charge in [-0.05, 0) is 38.5 Å². The summed E-state index contributed by atoms with van der Waals surface area (Å²) >= 11 is 0. The fourth-order valence-corrected chi connectivity index (χ4v) is 3.45. The summed E-state index contributed by atoms with van der Waals surface area (Å²) < 4.78 is 0. The van der Waals surface area contributed by atoms with Crippen molar-refractivity contribution in [2.24, 2.45) is 5.92 Å². The minimum atomic E-state index is 0.500. The molecule has 0 aliphatic carbocycles. The molecule has 2 heteroatoms. The Morgan fingerprint density at radius 3 is 2.19 bits per heavy atom. The molecule has 92 valence electrons. The van der Waals surface area contributed by atoms with E-state index in [-0.39, 0.29) is 0 Å². The maximum absolute atomic E-state index is 11.5. The number of hydrogen-bond donors (Lipinski definition) is 0. The van der Waals surface area contributed by atoms with Crippen LogP contribution in [-0.2, 0) is 4.79 Å². The van der Waals surface area contributed by atoms with Crippen molar-refractivity contribution in [3.05, 3.63) is 0 Å². The van der Waals surface area contributed by atoms with Gasteiger partial charge in [0.05, 0.1) is 0 Å². The van der Waals surface area contributed by atoms with Crippen LogP contribution in [0.2, 0.25) is 0 Å². The van der Waals surface area contributed by atoms with Crippen molar-refractivity contribution in [3.8, 4) is 0 Å². The lowest BCUT2D eigenvalue weighted by Crippen LogP contribution is -2.48. The first-order chi connectivity index (χ1) is 7.58. The standard InChI is InChI=1S/C14H25NO/c1-10(2)4-5-11(3)15-12-6-7-13(15)9-14(16)8-12/h10-13H,4-9H2,1-3H3. The Morgan fingerprint density at radius 2 is 1.69 bits per heavy atom. The third-order valence-electron chi connectivity index (χ3n) is 4.27. The van der Waals surface area contributed by atoms with Gasteiger partial charge in [-0.25, -0.2) is 0 Å². The van der Waals surface area contributed by atoms with Gasteiger partial charge in [0.15, 0.2) is 0 Å². The van der Waals surface area contributed by atoms with E-state index in [0.29, 0.717) is 23.9 Å². The molecule has 2 aliphatic rings. The molecule has 3 unspecified atom stereocenters. The summed E-state index contributed by atoms with van der Waals surface area (Å²) in [4.78, 5) is 14.2. The molecule has 0 amide bonds. The van der Waals surface area contributed by atoms with Crippen LogP contribution in [0.1, 0.15) is 59.3 Å². The fourth-order valence-electron chi connectivity index (χ4n) is 3.45. The van der Waals surface area contributed by atoms with Crippen LogP contribution >= 0.6 is 0 Å². The van der Waals surface area contributed by atoms with Crippen LogP contribution in [0.4, 0.5) is 0 Å². The van der Waals surface area contributed by atoms with Crippen LogP contribution in [0.3, 0.4) is 0 Å². The maximum atomic E-state index is 11.5. The van der Waals surface area contributed by atoms with Gasteiger partial charge >= 0.3 is 0 Å². The van der Waals surface area contributed by atoms with Crippen molar-refractivity contribution in [3.63, 3.8) is 0 Å². The molecule has 2 aliphatic heterocycles. The van der Waals surface area contributed by atoms with Crippen molar-refractivity contribution in [2.45, 2.75) is 77.4 Å². The smallest absolute Gasteiger partial charge is 0.136 e. The van der Waals surface area contributed by atoms with Crippen LogP contribution < -0.4 is 0 Å². The lowest BCUT2D eigenvalue weighted by Gasteiger charge is -2.39. The Bertz CT molecular complexity index is 245. The zero-order chi connectivity index (χ0) is 11.7. The number of ketones is 1. The minimum absolute atomic E-state index is 0.500. The SMILES string of the molecule is CC(C)CCC(C)N1C2CCC1CC(=O)C2. The second kappa shape index (κ2) is 4.87. The summed E-state index contributed by atoms with van der Waals surface area (Å²) in [5.74, 6) is 1.30. The van der Waals surface area contributed by atoms with E-state index in [2.05, 4.69) is 25.7 Å². The summed E-state index contributed by atoms with van der Waals surface area (Å²) in [6.45, 7) is 6.94. The molecule has 3 atom stereocenters. The van der Waals surface area contributed by atoms with E-state index in [1.165, 1.54) is 25.7 Å². The maximum Gasteiger partial charge on any atom is 0.136 e. The van der Waals surface area contributed by atoms with Crippen molar-refractivity contribution in [2.75, 3.05) is 0 Å². The first kappa shape index (κ1) is 12.1. The van der Waals surface area contributed by atoms with Gasteiger partial charge in [-0.2, -0.15) is 0 Å². The van der Waals surface area contributed by atoms with E-state index in [1.807, 2.05) is 0 Å². The van der Waals surface area contributed by atoms with Gasteiger partial charge < -0.3 is 0 Å². The molecule has 0 aromatic carbocycles. The number of hydrogen-bond acceptors (Lipinski definition) is 2. The largest absolute Gasteiger partial charge is 0.300 e. The van der Waals surface area contributed by atoms with Gasteiger partial charge in [-0.1, -0.05) is 13.8 Å². The molecular formula is C14H25NO. The fraction of sp³-hybridized carbons (Fsp3) is 0.929.